The van der Waals surface area contributed by atoms with Gasteiger partial charge in [-0.25, -0.2) is 4.79 Å². The lowest BCUT2D eigenvalue weighted by Crippen LogP contribution is -2.38. The standard InChI is InChI=1S/C25H29N3O4/c1-4-14-32-25(30)28-13-12-19-22(16-6-9-18(10-7-16)31-5-2)27-21-11-8-17(24(29)26-3)15-20(21)23(19)28/h4,6-11,15,19,22-23,27H,1,5,12-14H2,2-3H3,(H,26,29)/t19-,22?,23-/m0/s1. The van der Waals surface area contributed by atoms with Crippen LogP contribution in [0.3, 0.4) is 0 Å². The Kier molecular flexibility index (Phi) is 6.35. The summed E-state index contributed by atoms with van der Waals surface area (Å²) in [5.41, 5.74) is 3.55. The molecule has 7 heteroatoms. The van der Waals surface area contributed by atoms with E-state index in [2.05, 4.69) is 29.3 Å². The fourth-order valence-corrected chi connectivity index (χ4v) is 4.75. The molecule has 0 aliphatic carbocycles. The Morgan fingerprint density at radius 3 is 2.72 bits per heavy atom. The first kappa shape index (κ1) is 21.7. The maximum absolute atomic E-state index is 12.8. The Balaban J connectivity index is 1.72. The number of nitrogens with zero attached hydrogens (tertiary/aromatic N) is 1. The number of rotatable bonds is 6. The minimum Gasteiger partial charge on any atom is -0.494 e. The fraction of sp³-hybridized carbons (Fsp3) is 0.360. The van der Waals surface area contributed by atoms with Crippen LogP contribution in [-0.2, 0) is 4.74 Å². The van der Waals surface area contributed by atoms with Crippen LogP contribution >= 0.6 is 0 Å². The van der Waals surface area contributed by atoms with Gasteiger partial charge in [0.25, 0.3) is 5.91 Å². The number of fused-ring (bicyclic) bond motifs is 3. The van der Waals surface area contributed by atoms with Gasteiger partial charge in [0.15, 0.2) is 0 Å². The highest BCUT2D eigenvalue weighted by molar-refractivity contribution is 5.95. The van der Waals surface area contributed by atoms with Crippen molar-refractivity contribution in [1.82, 2.24) is 10.2 Å². The molecule has 4 rings (SSSR count). The lowest BCUT2D eigenvalue weighted by atomic mass is 9.79. The predicted molar refractivity (Wildman–Crippen MR) is 123 cm³/mol. The average molecular weight is 436 g/mol. The summed E-state index contributed by atoms with van der Waals surface area (Å²) >= 11 is 0. The maximum atomic E-state index is 12.8. The van der Waals surface area contributed by atoms with Crippen LogP contribution in [0.5, 0.6) is 5.75 Å². The number of benzene rings is 2. The largest absolute Gasteiger partial charge is 0.494 e. The molecule has 1 fully saturated rings. The van der Waals surface area contributed by atoms with E-state index in [0.717, 1.165) is 29.0 Å². The second-order valence-electron chi connectivity index (χ2n) is 7.96. The molecule has 0 aromatic heterocycles. The Morgan fingerprint density at radius 1 is 1.25 bits per heavy atom. The van der Waals surface area contributed by atoms with Gasteiger partial charge in [0.05, 0.1) is 18.7 Å². The zero-order chi connectivity index (χ0) is 22.7. The number of hydrogen-bond donors (Lipinski definition) is 2. The first-order chi connectivity index (χ1) is 15.6. The molecular weight excluding hydrogens is 406 g/mol. The zero-order valence-electron chi connectivity index (χ0n) is 18.5. The molecule has 2 aromatic carbocycles. The molecule has 2 N–H and O–H groups in total. The first-order valence-corrected chi connectivity index (χ1v) is 11.0. The molecule has 2 aliphatic heterocycles. The van der Waals surface area contributed by atoms with Gasteiger partial charge in [-0.3, -0.25) is 4.79 Å². The van der Waals surface area contributed by atoms with Crippen molar-refractivity contribution in [2.75, 3.05) is 32.1 Å². The fourth-order valence-electron chi connectivity index (χ4n) is 4.75. The van der Waals surface area contributed by atoms with E-state index in [1.165, 1.54) is 0 Å². The molecule has 2 heterocycles. The molecule has 0 bridgehead atoms. The molecular formula is C25H29N3O4. The van der Waals surface area contributed by atoms with Crippen molar-refractivity contribution >= 4 is 17.7 Å². The number of amides is 2. The van der Waals surface area contributed by atoms with Crippen LogP contribution in [0.4, 0.5) is 10.5 Å². The van der Waals surface area contributed by atoms with Crippen molar-refractivity contribution < 1.29 is 19.1 Å². The minimum absolute atomic E-state index is 0.0197. The molecule has 2 amide bonds. The van der Waals surface area contributed by atoms with Gasteiger partial charge < -0.3 is 25.0 Å². The maximum Gasteiger partial charge on any atom is 0.410 e. The van der Waals surface area contributed by atoms with Crippen LogP contribution in [0.1, 0.15) is 46.9 Å². The highest BCUT2D eigenvalue weighted by atomic mass is 16.6. The lowest BCUT2D eigenvalue weighted by Gasteiger charge is -2.40. The average Bonchev–Trinajstić information content (AvgIpc) is 3.27. The van der Waals surface area contributed by atoms with Crippen molar-refractivity contribution in [2.45, 2.75) is 25.4 Å². The molecule has 7 nitrogen and oxygen atoms in total. The second kappa shape index (κ2) is 9.34. The van der Waals surface area contributed by atoms with Crippen LogP contribution in [0.2, 0.25) is 0 Å². The Morgan fingerprint density at radius 2 is 2.03 bits per heavy atom. The SMILES string of the molecule is C=CCOC(=O)N1CC[C@H]2C(c3ccc(OCC)cc3)Nc3ccc(C(=O)NC)cc3[C@H]21. The predicted octanol–water partition coefficient (Wildman–Crippen LogP) is 4.30. The van der Waals surface area contributed by atoms with Crippen molar-refractivity contribution in [3.05, 3.63) is 71.8 Å². The quantitative estimate of drug-likeness (QED) is 0.662. The van der Waals surface area contributed by atoms with Gasteiger partial charge in [-0.05, 0) is 54.8 Å². The van der Waals surface area contributed by atoms with Gasteiger partial charge >= 0.3 is 6.09 Å². The Labute approximate surface area is 188 Å². The summed E-state index contributed by atoms with van der Waals surface area (Å²) in [4.78, 5) is 26.9. The molecule has 168 valence electrons. The van der Waals surface area contributed by atoms with Crippen LogP contribution in [0.25, 0.3) is 0 Å². The van der Waals surface area contributed by atoms with Crippen LogP contribution in [0, 0.1) is 5.92 Å². The monoisotopic (exact) mass is 435 g/mol. The summed E-state index contributed by atoms with van der Waals surface area (Å²) in [5.74, 6) is 0.814. The highest BCUT2D eigenvalue weighted by Gasteiger charge is 2.47. The van der Waals surface area contributed by atoms with Gasteiger partial charge in [-0.1, -0.05) is 24.8 Å². The van der Waals surface area contributed by atoms with E-state index in [4.69, 9.17) is 9.47 Å². The first-order valence-electron chi connectivity index (χ1n) is 11.0. The Hall–Kier alpha value is -3.48. The number of carbonyl (C=O) groups excluding carboxylic acids is 2. The third kappa shape index (κ3) is 4.02. The Bertz CT molecular complexity index is 1000. The van der Waals surface area contributed by atoms with Gasteiger partial charge in [0.2, 0.25) is 0 Å². The molecule has 0 saturated carbocycles. The van der Waals surface area contributed by atoms with Crippen LogP contribution in [-0.4, -0.2) is 43.7 Å². The van der Waals surface area contributed by atoms with E-state index >= 15 is 0 Å². The van der Waals surface area contributed by atoms with E-state index in [1.807, 2.05) is 31.2 Å². The third-order valence-corrected chi connectivity index (χ3v) is 6.15. The van der Waals surface area contributed by atoms with Crippen molar-refractivity contribution in [3.8, 4) is 5.75 Å². The van der Waals surface area contributed by atoms with Gasteiger partial charge in [0, 0.05) is 30.8 Å². The van der Waals surface area contributed by atoms with E-state index in [0.29, 0.717) is 18.7 Å². The van der Waals surface area contributed by atoms with Crippen molar-refractivity contribution in [2.24, 2.45) is 5.92 Å². The van der Waals surface area contributed by atoms with E-state index in [1.54, 1.807) is 24.1 Å². The molecule has 32 heavy (non-hydrogen) atoms. The molecule has 3 atom stereocenters. The van der Waals surface area contributed by atoms with Crippen molar-refractivity contribution in [3.63, 3.8) is 0 Å². The zero-order valence-corrected chi connectivity index (χ0v) is 18.5. The number of carbonyl (C=O) groups is 2. The number of nitrogens with one attached hydrogen (secondary N) is 2. The third-order valence-electron chi connectivity index (χ3n) is 6.15. The van der Waals surface area contributed by atoms with E-state index in [9.17, 15) is 9.59 Å². The molecule has 2 aromatic rings. The molecule has 2 aliphatic rings. The highest BCUT2D eigenvalue weighted by Crippen LogP contribution is 2.51. The topological polar surface area (TPSA) is 79.9 Å². The number of likely N-dealkylation sites (tertiary alicyclic amines) is 1. The van der Waals surface area contributed by atoms with E-state index < -0.39 is 0 Å². The van der Waals surface area contributed by atoms with Crippen LogP contribution in [0.15, 0.2) is 55.1 Å². The molecule has 0 radical (unpaired) electrons. The van der Waals surface area contributed by atoms with Crippen molar-refractivity contribution in [1.29, 1.82) is 0 Å². The van der Waals surface area contributed by atoms with Crippen LogP contribution < -0.4 is 15.4 Å². The molecule has 1 saturated heterocycles. The summed E-state index contributed by atoms with van der Waals surface area (Å²) in [5, 5.41) is 6.33. The summed E-state index contributed by atoms with van der Waals surface area (Å²) in [6, 6.07) is 13.5. The van der Waals surface area contributed by atoms with Gasteiger partial charge in [-0.2, -0.15) is 0 Å². The molecule has 0 spiro atoms. The van der Waals surface area contributed by atoms with E-state index in [-0.39, 0.29) is 36.6 Å². The summed E-state index contributed by atoms with van der Waals surface area (Å²) < 4.78 is 11.0. The summed E-state index contributed by atoms with van der Waals surface area (Å²) in [6.07, 6.45) is 2.03. The van der Waals surface area contributed by atoms with Gasteiger partial charge in [0.1, 0.15) is 12.4 Å². The lowest BCUT2D eigenvalue weighted by molar-refractivity contribution is 0.0962. The molecule has 1 unspecified atom stereocenters. The van der Waals surface area contributed by atoms with Gasteiger partial charge in [-0.15, -0.1) is 0 Å². The second-order valence-corrected chi connectivity index (χ2v) is 7.96. The normalized spacial score (nSPS) is 21.1. The number of ether oxygens (including phenoxy) is 2. The summed E-state index contributed by atoms with van der Waals surface area (Å²) in [7, 11) is 1.61. The number of hydrogen-bond acceptors (Lipinski definition) is 5. The minimum atomic E-state index is -0.360. The smallest absolute Gasteiger partial charge is 0.410 e. The number of anilines is 1. The summed E-state index contributed by atoms with van der Waals surface area (Å²) in [6.45, 7) is 6.96.